The number of nitrogens with one attached hydrogen (secondary N) is 1. The normalized spacial score (nSPS) is 13.3. The van der Waals surface area contributed by atoms with Crippen LogP contribution in [0.1, 0.15) is 16.8 Å². The molecular weight excluding hydrogens is 451 g/mol. The summed E-state index contributed by atoms with van der Waals surface area (Å²) in [5.41, 5.74) is -0.870. The van der Waals surface area contributed by atoms with Crippen molar-refractivity contribution in [2.24, 2.45) is 5.14 Å². The van der Waals surface area contributed by atoms with Gasteiger partial charge < -0.3 is 10.2 Å². The van der Waals surface area contributed by atoms with E-state index in [0.29, 0.717) is 24.8 Å². The minimum Gasteiger partial charge on any atom is -0.381 e. The molecule has 0 bridgehead atoms. The molecule has 0 unspecified atom stereocenters. The van der Waals surface area contributed by atoms with E-state index in [2.05, 4.69) is 5.32 Å². The van der Waals surface area contributed by atoms with Crippen molar-refractivity contribution in [3.05, 3.63) is 54.1 Å². The Kier molecular flexibility index (Phi) is 8.52. The Balaban J connectivity index is 2.35. The third-order valence-electron chi connectivity index (χ3n) is 4.30. The van der Waals surface area contributed by atoms with E-state index in [1.807, 2.05) is 49.3 Å². The van der Waals surface area contributed by atoms with Gasteiger partial charge in [0.2, 0.25) is 10.0 Å². The van der Waals surface area contributed by atoms with Crippen LogP contribution in [0, 0.1) is 0 Å². The zero-order chi connectivity index (χ0) is 23.2. The number of anilines is 1. The Morgan fingerprint density at radius 2 is 1.81 bits per heavy atom. The molecule has 0 radical (unpaired) electrons. The Morgan fingerprint density at radius 3 is 2.35 bits per heavy atom. The highest BCUT2D eigenvalue weighted by atomic mass is 32.2. The molecule has 11 heteroatoms. The molecule has 0 saturated carbocycles. The number of hydrogen-bond acceptors (Lipinski definition) is 6. The van der Waals surface area contributed by atoms with E-state index in [9.17, 15) is 26.4 Å². The second kappa shape index (κ2) is 10.5. The lowest BCUT2D eigenvalue weighted by molar-refractivity contribution is -0.0884. The van der Waals surface area contributed by atoms with Gasteiger partial charge in [0.15, 0.2) is 0 Å². The maximum atomic E-state index is 13.1. The molecule has 2 aromatic carbocycles. The van der Waals surface area contributed by atoms with E-state index in [4.69, 9.17) is 5.14 Å². The standard InChI is InChI=1S/C20H24F3N3O3S2/c1-26(2)11-10-14(13-30-15-6-4-3-5-7-15)25-18-9-8-16(31(24,28)29)12-17(18)19(27)20(21,22)23/h3-9,12,14,25H,10-11,13H2,1-2H3,(H2,24,28,29)/t14-/m1/s1. The van der Waals surface area contributed by atoms with Crippen molar-refractivity contribution in [3.8, 4) is 0 Å². The van der Waals surface area contributed by atoms with Crippen molar-refractivity contribution in [1.82, 2.24) is 4.90 Å². The fourth-order valence-electron chi connectivity index (χ4n) is 2.71. The largest absolute Gasteiger partial charge is 0.454 e. The summed E-state index contributed by atoms with van der Waals surface area (Å²) in [6, 6.07) is 12.1. The van der Waals surface area contributed by atoms with Crippen LogP contribution >= 0.6 is 11.8 Å². The summed E-state index contributed by atoms with van der Waals surface area (Å²) >= 11 is 1.52. The predicted molar refractivity (Wildman–Crippen MR) is 116 cm³/mol. The monoisotopic (exact) mass is 475 g/mol. The molecule has 0 aliphatic rings. The number of ketones is 1. The molecule has 2 rings (SSSR count). The van der Waals surface area contributed by atoms with Gasteiger partial charge in [-0.25, -0.2) is 13.6 Å². The Labute approximate surface area is 184 Å². The van der Waals surface area contributed by atoms with Crippen molar-refractivity contribution in [2.75, 3.05) is 31.7 Å². The molecule has 31 heavy (non-hydrogen) atoms. The highest BCUT2D eigenvalue weighted by Gasteiger charge is 2.41. The maximum absolute atomic E-state index is 13.1. The Bertz CT molecular complexity index is 998. The van der Waals surface area contributed by atoms with Gasteiger partial charge in [0.05, 0.1) is 10.5 Å². The lowest BCUT2D eigenvalue weighted by Gasteiger charge is -2.23. The Morgan fingerprint density at radius 1 is 1.16 bits per heavy atom. The summed E-state index contributed by atoms with van der Waals surface area (Å²) in [6.45, 7) is 0.658. The number of alkyl halides is 3. The number of hydrogen-bond donors (Lipinski definition) is 2. The van der Waals surface area contributed by atoms with Crippen LogP contribution in [0.5, 0.6) is 0 Å². The lowest BCUT2D eigenvalue weighted by atomic mass is 10.1. The summed E-state index contributed by atoms with van der Waals surface area (Å²) in [5.74, 6) is -1.61. The van der Waals surface area contributed by atoms with Crippen LogP contribution in [-0.2, 0) is 10.0 Å². The number of benzene rings is 2. The highest BCUT2D eigenvalue weighted by molar-refractivity contribution is 7.99. The van der Waals surface area contributed by atoms with Crippen molar-refractivity contribution < 1.29 is 26.4 Å². The number of carbonyl (C=O) groups excluding carboxylic acids is 1. The molecular formula is C20H24F3N3O3S2. The summed E-state index contributed by atoms with van der Waals surface area (Å²) < 4.78 is 62.6. The average molecular weight is 476 g/mol. The summed E-state index contributed by atoms with van der Waals surface area (Å²) in [7, 11) is -0.524. The van der Waals surface area contributed by atoms with Gasteiger partial charge in [-0.1, -0.05) is 18.2 Å². The number of halogens is 3. The molecule has 0 aliphatic heterocycles. The predicted octanol–water partition coefficient (Wildman–Crippen LogP) is 3.60. The first kappa shape index (κ1) is 25.2. The number of carbonyl (C=O) groups is 1. The number of rotatable bonds is 10. The van der Waals surface area contributed by atoms with Crippen molar-refractivity contribution in [2.45, 2.75) is 28.4 Å². The Hall–Kier alpha value is -2.08. The fraction of sp³-hybridized carbons (Fsp3) is 0.350. The van der Waals surface area contributed by atoms with Crippen LogP contribution in [0.4, 0.5) is 18.9 Å². The van der Waals surface area contributed by atoms with E-state index >= 15 is 0 Å². The van der Waals surface area contributed by atoms with Crippen LogP contribution in [-0.4, -0.2) is 57.7 Å². The second-order valence-electron chi connectivity index (χ2n) is 7.14. The van der Waals surface area contributed by atoms with Crippen LogP contribution < -0.4 is 10.5 Å². The lowest BCUT2D eigenvalue weighted by Crippen LogP contribution is -2.30. The molecule has 3 N–H and O–H groups in total. The van der Waals surface area contributed by atoms with Gasteiger partial charge in [-0.15, -0.1) is 11.8 Å². The zero-order valence-electron chi connectivity index (χ0n) is 17.0. The molecule has 1 atom stereocenters. The SMILES string of the molecule is CN(C)CC[C@H](CSc1ccccc1)Nc1ccc(S(N)(=O)=O)cc1C(=O)C(F)(F)F. The number of thioether (sulfide) groups is 1. The van der Waals surface area contributed by atoms with Crippen LogP contribution in [0.15, 0.2) is 58.3 Å². The minimum absolute atomic E-state index is 0.0906. The first-order chi connectivity index (χ1) is 14.4. The van der Waals surface area contributed by atoms with Gasteiger partial charge in [0, 0.05) is 22.4 Å². The maximum Gasteiger partial charge on any atom is 0.454 e. The second-order valence-corrected chi connectivity index (χ2v) is 9.79. The van der Waals surface area contributed by atoms with Crippen molar-refractivity contribution >= 4 is 33.3 Å². The average Bonchev–Trinajstić information content (AvgIpc) is 2.68. The fourth-order valence-corrected chi connectivity index (χ4v) is 4.24. The number of primary sulfonamides is 1. The molecule has 0 spiro atoms. The van der Waals surface area contributed by atoms with E-state index in [-0.39, 0.29) is 11.7 Å². The van der Waals surface area contributed by atoms with Crippen molar-refractivity contribution in [3.63, 3.8) is 0 Å². The molecule has 170 valence electrons. The quantitative estimate of drug-likeness (QED) is 0.403. The first-order valence-electron chi connectivity index (χ1n) is 9.25. The number of Topliss-reactive ketones (excluding diaryl/α,β-unsaturated/α-hetero) is 1. The van der Waals surface area contributed by atoms with Gasteiger partial charge >= 0.3 is 6.18 Å². The molecule has 0 aromatic heterocycles. The topological polar surface area (TPSA) is 92.5 Å². The van der Waals surface area contributed by atoms with E-state index in [1.165, 1.54) is 11.8 Å². The summed E-state index contributed by atoms with van der Waals surface area (Å²) in [6.07, 6.45) is -4.57. The smallest absolute Gasteiger partial charge is 0.381 e. The molecule has 0 heterocycles. The van der Waals surface area contributed by atoms with Gasteiger partial charge in [-0.05, 0) is 57.4 Å². The molecule has 6 nitrogen and oxygen atoms in total. The highest BCUT2D eigenvalue weighted by Crippen LogP contribution is 2.30. The van der Waals surface area contributed by atoms with Gasteiger partial charge in [0.25, 0.3) is 5.78 Å². The van der Waals surface area contributed by atoms with E-state index < -0.39 is 32.4 Å². The molecule has 0 amide bonds. The van der Waals surface area contributed by atoms with Gasteiger partial charge in [0.1, 0.15) is 0 Å². The van der Waals surface area contributed by atoms with Gasteiger partial charge in [-0.2, -0.15) is 13.2 Å². The third-order valence-corrected chi connectivity index (χ3v) is 6.39. The van der Waals surface area contributed by atoms with E-state index in [0.717, 1.165) is 17.0 Å². The summed E-state index contributed by atoms with van der Waals surface area (Å²) in [4.78, 5) is 14.4. The number of nitrogens with two attached hydrogens (primary N) is 1. The minimum atomic E-state index is -5.16. The van der Waals surface area contributed by atoms with Crippen LogP contribution in [0.2, 0.25) is 0 Å². The van der Waals surface area contributed by atoms with Crippen LogP contribution in [0.3, 0.4) is 0 Å². The van der Waals surface area contributed by atoms with Gasteiger partial charge in [-0.3, -0.25) is 4.79 Å². The number of nitrogens with zero attached hydrogens (tertiary/aromatic N) is 1. The zero-order valence-corrected chi connectivity index (χ0v) is 18.7. The molecule has 0 aliphatic carbocycles. The number of sulfonamides is 1. The summed E-state index contributed by atoms with van der Waals surface area (Å²) in [5, 5.41) is 8.03. The van der Waals surface area contributed by atoms with E-state index in [1.54, 1.807) is 0 Å². The molecule has 0 fully saturated rings. The molecule has 2 aromatic rings. The first-order valence-corrected chi connectivity index (χ1v) is 11.8. The van der Waals surface area contributed by atoms with Crippen molar-refractivity contribution in [1.29, 1.82) is 0 Å². The molecule has 0 saturated heterocycles. The van der Waals surface area contributed by atoms with Crippen LogP contribution in [0.25, 0.3) is 0 Å². The third kappa shape index (κ3) is 7.84.